The lowest BCUT2D eigenvalue weighted by atomic mass is 9.44. The molecule has 4 fully saturated rings. The monoisotopic (exact) mass is 328 g/mol. The average Bonchev–Trinajstić information content (AvgIpc) is 2.96. The largest absolute Gasteiger partial charge is 0.335 e. The molecule has 1 nitrogen and oxygen atoms in total. The molecule has 0 amide bonds. The van der Waals surface area contributed by atoms with Crippen molar-refractivity contribution in [2.45, 2.75) is 44.4 Å². The third-order valence-electron chi connectivity index (χ3n) is 7.84. The highest BCUT2D eigenvalue weighted by Gasteiger charge is 2.61. The zero-order chi connectivity index (χ0) is 16.6. The highest BCUT2D eigenvalue weighted by molar-refractivity contribution is 5.77. The van der Waals surface area contributed by atoms with Gasteiger partial charge in [0.2, 0.25) is 0 Å². The van der Waals surface area contributed by atoms with E-state index in [1.807, 2.05) is 0 Å². The van der Waals surface area contributed by atoms with Crippen molar-refractivity contribution in [1.82, 2.24) is 0 Å². The van der Waals surface area contributed by atoms with E-state index < -0.39 is 0 Å². The van der Waals surface area contributed by atoms with Crippen LogP contribution in [0, 0.1) is 37.1 Å². The maximum Gasteiger partial charge on any atom is 0.0661 e. The fourth-order valence-electron chi connectivity index (χ4n) is 7.05. The third kappa shape index (κ3) is 1.80. The molecule has 0 N–H and O–H groups in total. The normalized spacial score (nSPS) is 37.7. The molecule has 0 unspecified atom stereocenters. The molecular weight excluding hydrogens is 302 g/mol. The van der Waals surface area contributed by atoms with Gasteiger partial charge >= 0.3 is 0 Å². The fraction of sp³-hybridized carbons (Fsp3) is 0.458. The van der Waals surface area contributed by atoms with Gasteiger partial charge in [0.15, 0.2) is 0 Å². The first kappa shape index (κ1) is 14.4. The van der Waals surface area contributed by atoms with E-state index in [1.165, 1.54) is 49.0 Å². The lowest BCUT2D eigenvalue weighted by Crippen LogP contribution is -2.55. The molecule has 0 atom stereocenters. The summed E-state index contributed by atoms with van der Waals surface area (Å²) in [4.78, 5) is 2.53. The minimum Gasteiger partial charge on any atom is -0.335 e. The van der Waals surface area contributed by atoms with E-state index in [0.29, 0.717) is 5.41 Å². The average molecular weight is 328 g/mol. The summed E-state index contributed by atoms with van der Waals surface area (Å²) in [6.07, 6.45) is 7.35. The molecule has 1 heterocycles. The van der Waals surface area contributed by atoms with Gasteiger partial charge < -0.3 is 4.90 Å². The van der Waals surface area contributed by atoms with Crippen LogP contribution >= 0.6 is 0 Å². The van der Waals surface area contributed by atoms with Gasteiger partial charge in [-0.15, -0.1) is 0 Å². The second kappa shape index (κ2) is 4.90. The molecule has 0 aromatic heterocycles. The Hall–Kier alpha value is -1.76. The molecule has 5 aliphatic rings. The van der Waals surface area contributed by atoms with Crippen LogP contribution < -0.4 is 4.90 Å². The SMILES string of the molecule is Cc1ccccc1N1[CH]C2(c3ccccc31)C1CC3CC(C1)CC2C3. The summed E-state index contributed by atoms with van der Waals surface area (Å²) in [5.41, 5.74) is 6.08. The maximum atomic E-state index is 2.66. The molecule has 4 bridgehead atoms. The van der Waals surface area contributed by atoms with Crippen molar-refractivity contribution >= 4 is 11.4 Å². The zero-order valence-electron chi connectivity index (χ0n) is 15.0. The first-order chi connectivity index (χ1) is 12.3. The number of hydrogen-bond acceptors (Lipinski definition) is 1. The maximum absolute atomic E-state index is 2.66. The number of anilines is 2. The van der Waals surface area contributed by atoms with Crippen LogP contribution in [-0.2, 0) is 5.41 Å². The summed E-state index contributed by atoms with van der Waals surface area (Å²) in [6, 6.07) is 18.1. The van der Waals surface area contributed by atoms with Crippen LogP contribution in [0.1, 0.15) is 43.2 Å². The molecule has 1 radical (unpaired) electrons. The Balaban J connectivity index is 1.53. The quantitative estimate of drug-likeness (QED) is 0.620. The van der Waals surface area contributed by atoms with E-state index in [-0.39, 0.29) is 0 Å². The van der Waals surface area contributed by atoms with Crippen LogP contribution in [0.2, 0.25) is 0 Å². The molecule has 1 spiro atoms. The van der Waals surface area contributed by atoms with Crippen molar-refractivity contribution in [3.8, 4) is 0 Å². The van der Waals surface area contributed by atoms with E-state index in [4.69, 9.17) is 0 Å². The summed E-state index contributed by atoms with van der Waals surface area (Å²) in [7, 11) is 0. The van der Waals surface area contributed by atoms with E-state index >= 15 is 0 Å². The predicted octanol–water partition coefficient (Wildman–Crippen LogP) is 6.00. The van der Waals surface area contributed by atoms with Crippen molar-refractivity contribution in [1.29, 1.82) is 0 Å². The minimum atomic E-state index is 0.298. The molecule has 7 rings (SSSR count). The fourth-order valence-corrected chi connectivity index (χ4v) is 7.05. The first-order valence-corrected chi connectivity index (χ1v) is 10.1. The van der Waals surface area contributed by atoms with Crippen molar-refractivity contribution in [2.24, 2.45) is 23.7 Å². The zero-order valence-corrected chi connectivity index (χ0v) is 15.0. The van der Waals surface area contributed by atoms with Gasteiger partial charge in [-0.3, -0.25) is 0 Å². The Bertz CT molecular complexity index is 807. The smallest absolute Gasteiger partial charge is 0.0661 e. The van der Waals surface area contributed by atoms with Gasteiger partial charge in [0.05, 0.1) is 6.54 Å². The van der Waals surface area contributed by atoms with Crippen molar-refractivity contribution in [3.05, 3.63) is 66.2 Å². The molecule has 2 aromatic rings. The van der Waals surface area contributed by atoms with Crippen molar-refractivity contribution in [2.75, 3.05) is 4.90 Å². The Labute approximate surface area is 151 Å². The summed E-state index contributed by atoms with van der Waals surface area (Å²) < 4.78 is 0. The Morgan fingerprint density at radius 2 is 1.36 bits per heavy atom. The number of rotatable bonds is 1. The third-order valence-corrected chi connectivity index (χ3v) is 7.84. The summed E-state index contributed by atoms with van der Waals surface area (Å²) >= 11 is 0. The molecule has 1 heteroatoms. The van der Waals surface area contributed by atoms with Crippen LogP contribution in [0.3, 0.4) is 0 Å². The highest BCUT2D eigenvalue weighted by atomic mass is 15.2. The molecule has 127 valence electrons. The number of benzene rings is 2. The van der Waals surface area contributed by atoms with E-state index in [9.17, 15) is 0 Å². The summed E-state index contributed by atoms with van der Waals surface area (Å²) in [5.74, 6) is 3.75. The van der Waals surface area contributed by atoms with Gasteiger partial charge in [0, 0.05) is 16.8 Å². The second-order valence-corrected chi connectivity index (χ2v) is 9.04. The van der Waals surface area contributed by atoms with Gasteiger partial charge in [0.1, 0.15) is 0 Å². The molecule has 4 aliphatic carbocycles. The number of aryl methyl sites for hydroxylation is 1. The second-order valence-electron chi connectivity index (χ2n) is 9.04. The van der Waals surface area contributed by atoms with Crippen LogP contribution in [0.25, 0.3) is 0 Å². The van der Waals surface area contributed by atoms with E-state index in [2.05, 4.69) is 66.9 Å². The topological polar surface area (TPSA) is 3.24 Å². The van der Waals surface area contributed by atoms with Gasteiger partial charge in [-0.25, -0.2) is 0 Å². The van der Waals surface area contributed by atoms with Gasteiger partial charge in [-0.2, -0.15) is 0 Å². The number of para-hydroxylation sites is 2. The molecule has 25 heavy (non-hydrogen) atoms. The summed E-state index contributed by atoms with van der Waals surface area (Å²) in [6.45, 7) is 4.90. The molecular formula is C24H26N. The number of nitrogens with zero attached hydrogens (tertiary/aromatic N) is 1. The Morgan fingerprint density at radius 1 is 0.760 bits per heavy atom. The Morgan fingerprint density at radius 3 is 2.04 bits per heavy atom. The molecule has 0 saturated heterocycles. The summed E-state index contributed by atoms with van der Waals surface area (Å²) in [5, 5.41) is 0. The van der Waals surface area contributed by atoms with Crippen molar-refractivity contribution in [3.63, 3.8) is 0 Å². The van der Waals surface area contributed by atoms with Crippen LogP contribution in [0.4, 0.5) is 11.4 Å². The van der Waals surface area contributed by atoms with Crippen molar-refractivity contribution < 1.29 is 0 Å². The van der Waals surface area contributed by atoms with Gasteiger partial charge in [-0.1, -0.05) is 36.4 Å². The standard InChI is InChI=1S/C24H26N/c1-16-6-2-4-8-22(16)25-15-24(21-7-3-5-9-23(21)25)19-11-17-10-18(13-19)14-20(24)12-17/h2-9,15,17-20H,10-14H2,1H3. The Kier molecular flexibility index (Phi) is 2.83. The van der Waals surface area contributed by atoms with Crippen LogP contribution in [0.5, 0.6) is 0 Å². The number of hydrogen-bond donors (Lipinski definition) is 0. The highest BCUT2D eigenvalue weighted by Crippen LogP contribution is 2.68. The van der Waals surface area contributed by atoms with Gasteiger partial charge in [0.25, 0.3) is 0 Å². The number of fused-ring (bicyclic) bond motifs is 1. The molecule has 2 aromatic carbocycles. The lowest BCUT2D eigenvalue weighted by molar-refractivity contribution is -0.0431. The predicted molar refractivity (Wildman–Crippen MR) is 103 cm³/mol. The molecule has 4 saturated carbocycles. The van der Waals surface area contributed by atoms with Crippen LogP contribution in [0.15, 0.2) is 48.5 Å². The first-order valence-electron chi connectivity index (χ1n) is 10.1. The minimum absolute atomic E-state index is 0.298. The molecule has 1 aliphatic heterocycles. The van der Waals surface area contributed by atoms with E-state index in [0.717, 1.165) is 23.7 Å². The lowest BCUT2D eigenvalue weighted by Gasteiger charge is -2.60. The van der Waals surface area contributed by atoms with Crippen LogP contribution in [-0.4, -0.2) is 0 Å². The van der Waals surface area contributed by atoms with Gasteiger partial charge in [-0.05, 0) is 86.0 Å². The van der Waals surface area contributed by atoms with E-state index in [1.54, 1.807) is 5.56 Å².